The van der Waals surface area contributed by atoms with Crippen molar-refractivity contribution in [3.05, 3.63) is 24.4 Å². The lowest BCUT2D eigenvalue weighted by Gasteiger charge is -2.38. The number of hydrogen-bond acceptors (Lipinski definition) is 3. The minimum Gasteiger partial charge on any atom is -0.471 e. The third-order valence-electron chi connectivity index (χ3n) is 2.47. The Morgan fingerprint density at radius 2 is 2.29 bits per heavy atom. The zero-order chi connectivity index (χ0) is 12.3. The van der Waals surface area contributed by atoms with Gasteiger partial charge in [-0.2, -0.15) is 0 Å². The van der Waals surface area contributed by atoms with E-state index in [0.29, 0.717) is 19.0 Å². The molecular weight excluding hydrogens is 218 g/mol. The zero-order valence-corrected chi connectivity index (χ0v) is 10.1. The molecular formula is C12H17N3O2. The summed E-state index contributed by atoms with van der Waals surface area (Å²) in [4.78, 5) is 17.4. The maximum atomic E-state index is 11.6. The second kappa shape index (κ2) is 5.03. The molecule has 1 saturated heterocycles. The van der Waals surface area contributed by atoms with Crippen LogP contribution in [0, 0.1) is 0 Å². The van der Waals surface area contributed by atoms with E-state index in [1.165, 1.54) is 0 Å². The Kier molecular flexibility index (Phi) is 3.46. The first-order chi connectivity index (χ1) is 8.15. The number of urea groups is 1. The second-order valence-electron chi connectivity index (χ2n) is 4.42. The standard InChI is InChI=1S/C12H17N3O2/c1-9(2)14-12(16)15-7-10(8-15)17-11-5-3-4-6-13-11/h3-6,9-10H,7-8H2,1-2H3,(H,14,16). The molecule has 0 saturated carbocycles. The molecule has 1 N–H and O–H groups in total. The van der Waals surface area contributed by atoms with Crippen molar-refractivity contribution in [1.29, 1.82) is 0 Å². The van der Waals surface area contributed by atoms with Crippen LogP contribution in [0.25, 0.3) is 0 Å². The van der Waals surface area contributed by atoms with Crippen LogP contribution in [0.15, 0.2) is 24.4 Å². The van der Waals surface area contributed by atoms with Gasteiger partial charge in [-0.05, 0) is 19.9 Å². The van der Waals surface area contributed by atoms with Crippen LogP contribution in [0.4, 0.5) is 4.79 Å². The third-order valence-corrected chi connectivity index (χ3v) is 2.47. The molecule has 0 atom stereocenters. The van der Waals surface area contributed by atoms with Crippen LogP contribution in [-0.2, 0) is 0 Å². The van der Waals surface area contributed by atoms with Gasteiger partial charge in [0.05, 0.1) is 13.1 Å². The fourth-order valence-electron chi connectivity index (χ4n) is 1.60. The summed E-state index contributed by atoms with van der Waals surface area (Å²) in [6, 6.07) is 5.68. The molecule has 17 heavy (non-hydrogen) atoms. The fraction of sp³-hybridized carbons (Fsp3) is 0.500. The highest BCUT2D eigenvalue weighted by Crippen LogP contribution is 2.15. The van der Waals surface area contributed by atoms with Crippen molar-refractivity contribution >= 4 is 6.03 Å². The first-order valence-electron chi connectivity index (χ1n) is 5.78. The van der Waals surface area contributed by atoms with Crippen molar-refractivity contribution < 1.29 is 9.53 Å². The number of aromatic nitrogens is 1. The Morgan fingerprint density at radius 3 is 2.88 bits per heavy atom. The molecule has 0 aliphatic carbocycles. The molecule has 0 radical (unpaired) electrons. The van der Waals surface area contributed by atoms with E-state index in [0.717, 1.165) is 0 Å². The van der Waals surface area contributed by atoms with Gasteiger partial charge >= 0.3 is 6.03 Å². The van der Waals surface area contributed by atoms with Gasteiger partial charge < -0.3 is 15.0 Å². The summed E-state index contributed by atoms with van der Waals surface area (Å²) in [6.45, 7) is 5.13. The smallest absolute Gasteiger partial charge is 0.317 e. The summed E-state index contributed by atoms with van der Waals surface area (Å²) in [5.74, 6) is 0.612. The van der Waals surface area contributed by atoms with E-state index in [1.807, 2.05) is 32.0 Å². The van der Waals surface area contributed by atoms with E-state index >= 15 is 0 Å². The summed E-state index contributed by atoms with van der Waals surface area (Å²) in [5, 5.41) is 2.84. The SMILES string of the molecule is CC(C)NC(=O)N1CC(Oc2ccccn2)C1. The van der Waals surface area contributed by atoms with Gasteiger partial charge in [-0.3, -0.25) is 0 Å². The number of rotatable bonds is 3. The van der Waals surface area contributed by atoms with Crippen molar-refractivity contribution in [3.8, 4) is 5.88 Å². The summed E-state index contributed by atoms with van der Waals surface area (Å²) in [7, 11) is 0. The van der Waals surface area contributed by atoms with E-state index in [4.69, 9.17) is 4.74 Å². The normalized spacial score (nSPS) is 15.6. The Morgan fingerprint density at radius 1 is 1.53 bits per heavy atom. The molecule has 0 spiro atoms. The minimum atomic E-state index is -0.0270. The van der Waals surface area contributed by atoms with Crippen molar-refractivity contribution in [1.82, 2.24) is 15.2 Å². The minimum absolute atomic E-state index is 0.0270. The van der Waals surface area contributed by atoms with E-state index in [-0.39, 0.29) is 18.2 Å². The van der Waals surface area contributed by atoms with E-state index in [9.17, 15) is 4.79 Å². The topological polar surface area (TPSA) is 54.5 Å². The highest BCUT2D eigenvalue weighted by atomic mass is 16.5. The summed E-state index contributed by atoms with van der Waals surface area (Å²) in [6.07, 6.45) is 1.75. The molecule has 1 aliphatic heterocycles. The lowest BCUT2D eigenvalue weighted by molar-refractivity contribution is 0.0408. The molecule has 5 heteroatoms. The van der Waals surface area contributed by atoms with Gasteiger partial charge in [-0.25, -0.2) is 9.78 Å². The number of nitrogens with zero attached hydrogens (tertiary/aromatic N) is 2. The van der Waals surface area contributed by atoms with Gasteiger partial charge in [-0.15, -0.1) is 0 Å². The van der Waals surface area contributed by atoms with Crippen LogP contribution in [-0.4, -0.2) is 41.2 Å². The van der Waals surface area contributed by atoms with Crippen LogP contribution in [0.5, 0.6) is 5.88 Å². The van der Waals surface area contributed by atoms with Gasteiger partial charge in [0, 0.05) is 18.3 Å². The molecule has 0 unspecified atom stereocenters. The third kappa shape index (κ3) is 3.09. The monoisotopic (exact) mass is 235 g/mol. The van der Waals surface area contributed by atoms with Crippen molar-refractivity contribution in [2.24, 2.45) is 0 Å². The number of nitrogens with one attached hydrogen (secondary N) is 1. The first-order valence-corrected chi connectivity index (χ1v) is 5.78. The van der Waals surface area contributed by atoms with Gasteiger partial charge in [0.15, 0.2) is 0 Å². The molecule has 1 aromatic heterocycles. The average molecular weight is 235 g/mol. The summed E-state index contributed by atoms with van der Waals surface area (Å²) < 4.78 is 5.60. The van der Waals surface area contributed by atoms with Gasteiger partial charge in [0.1, 0.15) is 6.10 Å². The number of amides is 2. The van der Waals surface area contributed by atoms with Gasteiger partial charge in [0.25, 0.3) is 0 Å². The zero-order valence-electron chi connectivity index (χ0n) is 10.1. The number of carbonyl (C=O) groups excluding carboxylic acids is 1. The van der Waals surface area contributed by atoms with E-state index in [1.54, 1.807) is 11.1 Å². The molecule has 1 fully saturated rings. The number of carbonyl (C=O) groups is 1. The van der Waals surface area contributed by atoms with Crippen LogP contribution >= 0.6 is 0 Å². The summed E-state index contributed by atoms with van der Waals surface area (Å²) >= 11 is 0. The van der Waals surface area contributed by atoms with Crippen LogP contribution in [0.1, 0.15) is 13.8 Å². The maximum absolute atomic E-state index is 11.6. The number of pyridine rings is 1. The Balaban J connectivity index is 1.74. The highest BCUT2D eigenvalue weighted by Gasteiger charge is 2.32. The fourth-order valence-corrected chi connectivity index (χ4v) is 1.60. The van der Waals surface area contributed by atoms with Crippen LogP contribution < -0.4 is 10.1 Å². The largest absolute Gasteiger partial charge is 0.471 e. The number of likely N-dealkylation sites (tertiary alicyclic amines) is 1. The lowest BCUT2D eigenvalue weighted by Crippen LogP contribution is -2.59. The quantitative estimate of drug-likeness (QED) is 0.858. The van der Waals surface area contributed by atoms with E-state index in [2.05, 4.69) is 10.3 Å². The van der Waals surface area contributed by atoms with Crippen molar-refractivity contribution in [2.75, 3.05) is 13.1 Å². The van der Waals surface area contributed by atoms with Crippen molar-refractivity contribution in [2.45, 2.75) is 26.0 Å². The molecule has 0 aromatic carbocycles. The predicted molar refractivity (Wildman–Crippen MR) is 63.9 cm³/mol. The molecule has 5 nitrogen and oxygen atoms in total. The molecule has 0 bridgehead atoms. The Bertz CT molecular complexity index is 375. The maximum Gasteiger partial charge on any atom is 0.317 e. The molecule has 92 valence electrons. The summed E-state index contributed by atoms with van der Waals surface area (Å²) in [5.41, 5.74) is 0. The van der Waals surface area contributed by atoms with E-state index < -0.39 is 0 Å². The first kappa shape index (κ1) is 11.7. The average Bonchev–Trinajstić information content (AvgIpc) is 2.23. The Labute approximate surface area is 101 Å². The van der Waals surface area contributed by atoms with Crippen LogP contribution in [0.2, 0.25) is 0 Å². The van der Waals surface area contributed by atoms with Gasteiger partial charge in [0.2, 0.25) is 5.88 Å². The molecule has 1 aromatic rings. The second-order valence-corrected chi connectivity index (χ2v) is 4.42. The molecule has 2 heterocycles. The molecule has 1 aliphatic rings. The number of hydrogen-bond donors (Lipinski definition) is 1. The van der Waals surface area contributed by atoms with Crippen LogP contribution in [0.3, 0.4) is 0 Å². The van der Waals surface area contributed by atoms with Gasteiger partial charge in [-0.1, -0.05) is 6.07 Å². The highest BCUT2D eigenvalue weighted by molar-refractivity contribution is 5.75. The Hall–Kier alpha value is -1.78. The number of ether oxygens (including phenoxy) is 1. The lowest BCUT2D eigenvalue weighted by atomic mass is 10.2. The molecule has 2 rings (SSSR count). The predicted octanol–water partition coefficient (Wildman–Crippen LogP) is 1.26. The van der Waals surface area contributed by atoms with Crippen molar-refractivity contribution in [3.63, 3.8) is 0 Å². The molecule has 2 amide bonds.